The van der Waals surface area contributed by atoms with Gasteiger partial charge in [0.25, 0.3) is 11.6 Å². The maximum absolute atomic E-state index is 12.3. The van der Waals surface area contributed by atoms with E-state index in [2.05, 4.69) is 0 Å². The molecule has 0 aliphatic heterocycles. The molecule has 0 spiro atoms. The average Bonchev–Trinajstić information content (AvgIpc) is 2.56. The second-order valence-corrected chi connectivity index (χ2v) is 6.50. The van der Waals surface area contributed by atoms with Crippen LogP contribution < -0.4 is 5.73 Å². The van der Waals surface area contributed by atoms with Crippen LogP contribution in [0.3, 0.4) is 0 Å². The van der Waals surface area contributed by atoms with E-state index in [9.17, 15) is 19.7 Å². The first-order valence-electron chi connectivity index (χ1n) is 7.00. The first-order chi connectivity index (χ1) is 11.8. The highest BCUT2D eigenvalue weighted by Crippen LogP contribution is 2.33. The summed E-state index contributed by atoms with van der Waals surface area (Å²) < 4.78 is 4.96. The number of ether oxygens (including phenoxy) is 1. The van der Waals surface area contributed by atoms with Crippen LogP contribution in [0.5, 0.6) is 0 Å². The Labute approximate surface area is 152 Å². The number of nitro groups is 1. The number of carbonyl (C=O) groups is 2. The number of carbonyl (C=O) groups excluding carboxylic acids is 2. The van der Waals surface area contributed by atoms with Gasteiger partial charge in [0.05, 0.1) is 10.5 Å². The normalized spacial score (nSPS) is 11.6. The van der Waals surface area contributed by atoms with Crippen LogP contribution in [0.1, 0.15) is 17.3 Å². The number of amides is 1. The Morgan fingerprint density at radius 3 is 2.44 bits per heavy atom. The lowest BCUT2D eigenvalue weighted by Gasteiger charge is -2.12. The topological polar surface area (TPSA) is 113 Å². The van der Waals surface area contributed by atoms with Crippen LogP contribution in [0.25, 0.3) is 0 Å². The SMILES string of the molecule is C[C@@H](OC(=O)c1cc([N+](=O)[O-])ccc1Sc1ccc(Cl)cc1)C(N)=O. The molecule has 0 unspecified atom stereocenters. The van der Waals surface area contributed by atoms with E-state index in [-0.39, 0.29) is 11.3 Å². The largest absolute Gasteiger partial charge is 0.449 e. The maximum atomic E-state index is 12.3. The van der Waals surface area contributed by atoms with Gasteiger partial charge in [0, 0.05) is 26.9 Å². The number of hydrogen-bond donors (Lipinski definition) is 1. The summed E-state index contributed by atoms with van der Waals surface area (Å²) in [5.41, 5.74) is 4.78. The molecule has 0 saturated carbocycles. The fraction of sp³-hybridized carbons (Fsp3) is 0.125. The van der Waals surface area contributed by atoms with Gasteiger partial charge in [-0.15, -0.1) is 0 Å². The van der Waals surface area contributed by atoms with E-state index < -0.39 is 22.9 Å². The molecule has 7 nitrogen and oxygen atoms in total. The van der Waals surface area contributed by atoms with E-state index in [1.807, 2.05) is 0 Å². The van der Waals surface area contributed by atoms with Crippen LogP contribution in [0.2, 0.25) is 5.02 Å². The summed E-state index contributed by atoms with van der Waals surface area (Å²) in [6.07, 6.45) is -1.15. The first kappa shape index (κ1) is 18.8. The standard InChI is InChI=1S/C16H13ClN2O5S/c1-9(15(18)20)24-16(21)13-8-11(19(22)23)4-7-14(13)25-12-5-2-10(17)3-6-12/h2-9H,1H3,(H2,18,20)/t9-/m1/s1. The van der Waals surface area contributed by atoms with Crippen molar-refractivity contribution >= 4 is 40.9 Å². The highest BCUT2D eigenvalue weighted by Gasteiger charge is 2.22. The fourth-order valence-electron chi connectivity index (χ4n) is 1.79. The number of rotatable bonds is 6. The molecule has 0 bridgehead atoms. The van der Waals surface area contributed by atoms with Crippen molar-refractivity contribution in [2.75, 3.05) is 0 Å². The third kappa shape index (κ3) is 4.94. The number of primary amides is 1. The monoisotopic (exact) mass is 380 g/mol. The highest BCUT2D eigenvalue weighted by atomic mass is 35.5. The van der Waals surface area contributed by atoms with Crippen molar-refractivity contribution in [3.8, 4) is 0 Å². The molecule has 0 aromatic heterocycles. The van der Waals surface area contributed by atoms with Gasteiger partial charge in [-0.1, -0.05) is 23.4 Å². The van der Waals surface area contributed by atoms with E-state index in [1.165, 1.54) is 30.8 Å². The summed E-state index contributed by atoms with van der Waals surface area (Å²) in [4.78, 5) is 34.9. The molecule has 1 atom stereocenters. The van der Waals surface area contributed by atoms with E-state index in [0.717, 1.165) is 11.0 Å². The third-order valence-electron chi connectivity index (χ3n) is 3.12. The summed E-state index contributed by atoms with van der Waals surface area (Å²) in [7, 11) is 0. The second-order valence-electron chi connectivity index (χ2n) is 4.94. The number of hydrogen-bond acceptors (Lipinski definition) is 6. The van der Waals surface area contributed by atoms with Crippen LogP contribution in [0.4, 0.5) is 5.69 Å². The van der Waals surface area contributed by atoms with Crippen LogP contribution in [0, 0.1) is 10.1 Å². The van der Waals surface area contributed by atoms with Crippen LogP contribution in [-0.2, 0) is 9.53 Å². The van der Waals surface area contributed by atoms with Gasteiger partial charge >= 0.3 is 5.97 Å². The zero-order valence-electron chi connectivity index (χ0n) is 13.0. The van der Waals surface area contributed by atoms with Gasteiger partial charge in [-0.05, 0) is 37.3 Å². The zero-order chi connectivity index (χ0) is 18.6. The molecule has 0 aliphatic rings. The molecule has 9 heteroatoms. The number of nitrogens with two attached hydrogens (primary N) is 1. The molecule has 1 amide bonds. The smallest absolute Gasteiger partial charge is 0.340 e. The number of non-ortho nitro benzene ring substituents is 1. The molecule has 0 fully saturated rings. The number of nitro benzene ring substituents is 1. The molecule has 2 aromatic rings. The summed E-state index contributed by atoms with van der Waals surface area (Å²) >= 11 is 7.05. The van der Waals surface area contributed by atoms with Gasteiger partial charge in [0.1, 0.15) is 0 Å². The van der Waals surface area contributed by atoms with Gasteiger partial charge in [-0.3, -0.25) is 14.9 Å². The van der Waals surface area contributed by atoms with Crippen LogP contribution in [-0.4, -0.2) is 22.9 Å². The van der Waals surface area contributed by atoms with Gasteiger partial charge in [-0.25, -0.2) is 4.79 Å². The maximum Gasteiger partial charge on any atom is 0.340 e. The number of nitrogens with zero attached hydrogens (tertiary/aromatic N) is 1. The van der Waals surface area contributed by atoms with Crippen molar-refractivity contribution in [1.29, 1.82) is 0 Å². The molecule has 130 valence electrons. The summed E-state index contributed by atoms with van der Waals surface area (Å²) in [5.74, 6) is -1.68. The van der Waals surface area contributed by atoms with E-state index in [1.54, 1.807) is 24.3 Å². The van der Waals surface area contributed by atoms with Crippen LogP contribution >= 0.6 is 23.4 Å². The Kier molecular flexibility index (Phi) is 6.00. The molecule has 0 saturated heterocycles. The van der Waals surface area contributed by atoms with E-state index in [0.29, 0.717) is 9.92 Å². The van der Waals surface area contributed by atoms with Crippen molar-refractivity contribution < 1.29 is 19.2 Å². The van der Waals surface area contributed by atoms with Crippen molar-refractivity contribution in [1.82, 2.24) is 0 Å². The number of benzene rings is 2. The Bertz CT molecular complexity index is 826. The van der Waals surface area contributed by atoms with Crippen molar-refractivity contribution in [3.05, 3.63) is 63.2 Å². The van der Waals surface area contributed by atoms with Gasteiger partial charge in [0.15, 0.2) is 6.10 Å². The molecule has 25 heavy (non-hydrogen) atoms. The van der Waals surface area contributed by atoms with Crippen molar-refractivity contribution in [3.63, 3.8) is 0 Å². The lowest BCUT2D eigenvalue weighted by atomic mass is 10.2. The molecular weight excluding hydrogens is 368 g/mol. The molecule has 0 heterocycles. The summed E-state index contributed by atoms with van der Waals surface area (Å²) in [6, 6.07) is 10.7. The van der Waals surface area contributed by atoms with Crippen LogP contribution in [0.15, 0.2) is 52.3 Å². The average molecular weight is 381 g/mol. The second kappa shape index (κ2) is 8.00. The molecule has 0 radical (unpaired) electrons. The Morgan fingerprint density at radius 2 is 1.88 bits per heavy atom. The lowest BCUT2D eigenvalue weighted by molar-refractivity contribution is -0.384. The number of halogens is 1. The van der Waals surface area contributed by atoms with Gasteiger partial charge in [-0.2, -0.15) is 0 Å². The molecule has 2 N–H and O–H groups in total. The quantitative estimate of drug-likeness (QED) is 0.466. The Hall–Kier alpha value is -2.58. The fourth-order valence-corrected chi connectivity index (χ4v) is 2.83. The van der Waals surface area contributed by atoms with E-state index >= 15 is 0 Å². The first-order valence-corrected chi connectivity index (χ1v) is 8.19. The molecule has 0 aliphatic carbocycles. The van der Waals surface area contributed by atoms with Crippen molar-refractivity contribution in [2.45, 2.75) is 22.8 Å². The minimum absolute atomic E-state index is 0.0257. The van der Waals surface area contributed by atoms with Crippen molar-refractivity contribution in [2.24, 2.45) is 5.73 Å². The Morgan fingerprint density at radius 1 is 1.24 bits per heavy atom. The van der Waals surface area contributed by atoms with Gasteiger partial charge < -0.3 is 10.5 Å². The van der Waals surface area contributed by atoms with Gasteiger partial charge in [0.2, 0.25) is 0 Å². The molecule has 2 aromatic carbocycles. The predicted molar refractivity (Wildman–Crippen MR) is 92.7 cm³/mol. The minimum atomic E-state index is -1.15. The summed E-state index contributed by atoms with van der Waals surface area (Å²) in [5, 5.41) is 11.5. The van der Waals surface area contributed by atoms with E-state index in [4.69, 9.17) is 22.1 Å². The Balaban J connectivity index is 2.37. The predicted octanol–water partition coefficient (Wildman–Crippen LogP) is 3.43. The molecule has 2 rings (SSSR count). The minimum Gasteiger partial charge on any atom is -0.449 e. The highest BCUT2D eigenvalue weighted by molar-refractivity contribution is 7.99. The third-order valence-corrected chi connectivity index (χ3v) is 4.46. The summed E-state index contributed by atoms with van der Waals surface area (Å²) in [6.45, 7) is 1.32. The number of esters is 1. The zero-order valence-corrected chi connectivity index (χ0v) is 14.5. The lowest BCUT2D eigenvalue weighted by Crippen LogP contribution is -2.30. The molecular formula is C16H13ClN2O5S.